The first kappa shape index (κ1) is 36.8. The maximum atomic E-state index is 14.3. The standard InChI is InChI=1S/C36H46FN3O7S/c1-25-22-40(26(2)24-41)36(43)32-21-30(38-48(44,45)31-16-13-29(37)14-17-31)15-18-33(32)47-27(3)10-8-9-19-46-34(25)23-39(4)35(42)20-28-11-6-5-7-12-28/h5-7,11-18,21,25-27,34,38,41H,8-10,19-20,22-24H2,1-4H3/t25-,26+,27-,34-/m1/s1. The summed E-state index contributed by atoms with van der Waals surface area (Å²) in [6.45, 7) is 6.23. The van der Waals surface area contributed by atoms with Gasteiger partial charge in [0.05, 0.1) is 41.7 Å². The normalized spacial score (nSPS) is 20.2. The topological polar surface area (TPSA) is 125 Å². The Hall–Kier alpha value is -4.00. The lowest BCUT2D eigenvalue weighted by Gasteiger charge is -2.36. The summed E-state index contributed by atoms with van der Waals surface area (Å²) in [6.07, 6.45) is 1.85. The predicted molar refractivity (Wildman–Crippen MR) is 182 cm³/mol. The summed E-state index contributed by atoms with van der Waals surface area (Å²) in [7, 11) is -2.35. The highest BCUT2D eigenvalue weighted by atomic mass is 32.2. The van der Waals surface area contributed by atoms with Crippen molar-refractivity contribution in [3.63, 3.8) is 0 Å². The van der Waals surface area contributed by atoms with Gasteiger partial charge >= 0.3 is 0 Å². The van der Waals surface area contributed by atoms with Crippen LogP contribution in [0.5, 0.6) is 5.75 Å². The van der Waals surface area contributed by atoms with Gasteiger partial charge in [-0.05, 0) is 81.1 Å². The monoisotopic (exact) mass is 683 g/mol. The van der Waals surface area contributed by atoms with Gasteiger partial charge in [0.2, 0.25) is 5.91 Å². The van der Waals surface area contributed by atoms with Crippen LogP contribution < -0.4 is 9.46 Å². The summed E-state index contributed by atoms with van der Waals surface area (Å²) in [5, 5.41) is 10.2. The van der Waals surface area contributed by atoms with Crippen molar-refractivity contribution in [3.8, 4) is 5.75 Å². The van der Waals surface area contributed by atoms with E-state index in [-0.39, 0.29) is 59.4 Å². The third kappa shape index (κ3) is 10.0. The number of halogens is 1. The molecule has 1 aliphatic heterocycles. The molecule has 0 unspecified atom stereocenters. The van der Waals surface area contributed by atoms with Crippen LogP contribution in [0.4, 0.5) is 10.1 Å². The third-order valence-electron chi connectivity index (χ3n) is 8.51. The quantitative estimate of drug-likeness (QED) is 0.321. The van der Waals surface area contributed by atoms with Crippen molar-refractivity contribution < 1.29 is 37.0 Å². The second kappa shape index (κ2) is 16.9. The largest absolute Gasteiger partial charge is 0.490 e. The summed E-state index contributed by atoms with van der Waals surface area (Å²) in [5.74, 6) is -1.04. The number of carbonyl (C=O) groups is 2. The second-order valence-electron chi connectivity index (χ2n) is 12.5. The Morgan fingerprint density at radius 3 is 2.48 bits per heavy atom. The molecule has 4 rings (SSSR count). The average Bonchev–Trinajstić information content (AvgIpc) is 3.06. The highest BCUT2D eigenvalue weighted by Gasteiger charge is 2.31. The van der Waals surface area contributed by atoms with Gasteiger partial charge in [-0.15, -0.1) is 0 Å². The van der Waals surface area contributed by atoms with Gasteiger partial charge in [-0.1, -0.05) is 37.3 Å². The molecule has 48 heavy (non-hydrogen) atoms. The van der Waals surface area contributed by atoms with Crippen LogP contribution in [0.3, 0.4) is 0 Å². The lowest BCUT2D eigenvalue weighted by Crippen LogP contribution is -2.48. The second-order valence-corrected chi connectivity index (χ2v) is 14.2. The van der Waals surface area contributed by atoms with E-state index >= 15 is 0 Å². The fourth-order valence-corrected chi connectivity index (χ4v) is 6.60. The fraction of sp³-hybridized carbons (Fsp3) is 0.444. The number of nitrogens with one attached hydrogen (secondary N) is 1. The van der Waals surface area contributed by atoms with Gasteiger partial charge in [-0.25, -0.2) is 12.8 Å². The number of carbonyl (C=O) groups excluding carboxylic acids is 2. The van der Waals surface area contributed by atoms with Gasteiger partial charge in [-0.2, -0.15) is 0 Å². The molecule has 0 radical (unpaired) electrons. The first-order valence-corrected chi connectivity index (χ1v) is 17.8. The summed E-state index contributed by atoms with van der Waals surface area (Å²) >= 11 is 0. The lowest BCUT2D eigenvalue weighted by atomic mass is 10.0. The number of hydrogen-bond acceptors (Lipinski definition) is 7. The van der Waals surface area contributed by atoms with Crippen molar-refractivity contribution in [2.75, 3.05) is 38.1 Å². The molecule has 3 aromatic carbocycles. The van der Waals surface area contributed by atoms with Crippen LogP contribution in [-0.2, 0) is 26.0 Å². The number of ether oxygens (including phenoxy) is 2. The number of aliphatic hydroxyl groups is 1. The van der Waals surface area contributed by atoms with Crippen molar-refractivity contribution in [1.82, 2.24) is 9.80 Å². The maximum Gasteiger partial charge on any atom is 0.261 e. The molecule has 0 aromatic heterocycles. The number of aliphatic hydroxyl groups excluding tert-OH is 1. The fourth-order valence-electron chi connectivity index (χ4n) is 5.55. The molecule has 0 aliphatic carbocycles. The Morgan fingerprint density at radius 1 is 1.08 bits per heavy atom. The number of hydrogen-bond donors (Lipinski definition) is 2. The number of rotatable bonds is 9. The van der Waals surface area contributed by atoms with E-state index in [9.17, 15) is 27.5 Å². The summed E-state index contributed by atoms with van der Waals surface area (Å²) < 4.78 is 54.7. The van der Waals surface area contributed by atoms with E-state index in [2.05, 4.69) is 4.72 Å². The Kier molecular flexibility index (Phi) is 13.0. The van der Waals surface area contributed by atoms with Crippen LogP contribution in [0, 0.1) is 11.7 Å². The van der Waals surface area contributed by atoms with E-state index in [0.717, 1.165) is 42.7 Å². The predicted octanol–water partition coefficient (Wildman–Crippen LogP) is 5.12. The van der Waals surface area contributed by atoms with E-state index in [1.54, 1.807) is 24.9 Å². The van der Waals surface area contributed by atoms with Crippen LogP contribution in [0.1, 0.15) is 56.0 Å². The van der Waals surface area contributed by atoms with Crippen LogP contribution >= 0.6 is 0 Å². The molecule has 0 saturated heterocycles. The Labute approximate surface area is 282 Å². The molecule has 12 heteroatoms. The van der Waals surface area contributed by atoms with Crippen molar-refractivity contribution >= 4 is 27.5 Å². The molecular formula is C36H46FN3O7S. The van der Waals surface area contributed by atoms with Crippen LogP contribution in [0.2, 0.25) is 0 Å². The molecule has 0 fully saturated rings. The molecule has 10 nitrogen and oxygen atoms in total. The SMILES string of the molecule is C[C@@H]1CCCCO[C@H](CN(C)C(=O)Cc2ccccc2)[C@H](C)CN([C@@H](C)CO)C(=O)c2cc(NS(=O)(=O)c3ccc(F)cc3)ccc2O1. The van der Waals surface area contributed by atoms with Gasteiger partial charge in [-0.3, -0.25) is 14.3 Å². The molecule has 0 bridgehead atoms. The number of nitrogens with zero attached hydrogens (tertiary/aromatic N) is 2. The molecule has 3 aromatic rings. The molecule has 0 saturated carbocycles. The Balaban J connectivity index is 1.63. The summed E-state index contributed by atoms with van der Waals surface area (Å²) in [6, 6.07) is 17.8. The smallest absolute Gasteiger partial charge is 0.261 e. The average molecular weight is 684 g/mol. The number of benzene rings is 3. The minimum atomic E-state index is -4.09. The number of fused-ring (bicyclic) bond motifs is 1. The van der Waals surface area contributed by atoms with Gasteiger partial charge in [0, 0.05) is 38.3 Å². The zero-order valence-corrected chi connectivity index (χ0v) is 28.8. The zero-order chi connectivity index (χ0) is 34.8. The summed E-state index contributed by atoms with van der Waals surface area (Å²) in [4.78, 5) is 30.5. The number of likely N-dealkylation sites (N-methyl/N-ethyl adjacent to an activating group) is 1. The lowest BCUT2D eigenvalue weighted by molar-refractivity contribution is -0.131. The van der Waals surface area contributed by atoms with Crippen molar-refractivity contribution in [2.45, 2.75) is 69.6 Å². The van der Waals surface area contributed by atoms with Crippen molar-refractivity contribution in [2.24, 2.45) is 5.92 Å². The van der Waals surface area contributed by atoms with E-state index in [4.69, 9.17) is 9.47 Å². The number of amides is 2. The highest BCUT2D eigenvalue weighted by Crippen LogP contribution is 2.29. The van der Waals surface area contributed by atoms with Crippen LogP contribution in [0.25, 0.3) is 0 Å². The molecular weight excluding hydrogens is 637 g/mol. The van der Waals surface area contributed by atoms with Crippen molar-refractivity contribution in [3.05, 3.63) is 89.7 Å². The molecule has 260 valence electrons. The highest BCUT2D eigenvalue weighted by molar-refractivity contribution is 7.92. The third-order valence-corrected chi connectivity index (χ3v) is 9.90. The van der Waals surface area contributed by atoms with E-state index in [1.165, 1.54) is 17.0 Å². The van der Waals surface area contributed by atoms with Crippen LogP contribution in [0.15, 0.2) is 77.7 Å². The first-order valence-electron chi connectivity index (χ1n) is 16.3. The number of anilines is 1. The van der Waals surface area contributed by atoms with E-state index in [0.29, 0.717) is 19.6 Å². The molecule has 1 aliphatic rings. The Morgan fingerprint density at radius 2 is 1.79 bits per heavy atom. The summed E-state index contributed by atoms with van der Waals surface area (Å²) in [5.41, 5.74) is 1.16. The van der Waals surface area contributed by atoms with Gasteiger partial charge in [0.1, 0.15) is 11.6 Å². The van der Waals surface area contributed by atoms with Crippen molar-refractivity contribution in [1.29, 1.82) is 0 Å². The molecule has 2 N–H and O–H groups in total. The van der Waals surface area contributed by atoms with Gasteiger partial charge < -0.3 is 24.4 Å². The Bertz CT molecular complexity index is 1620. The molecule has 2 amide bonds. The molecule has 4 atom stereocenters. The van der Waals surface area contributed by atoms with E-state index in [1.807, 2.05) is 44.2 Å². The molecule has 1 heterocycles. The van der Waals surface area contributed by atoms with Crippen LogP contribution in [-0.4, -0.2) is 86.7 Å². The maximum absolute atomic E-state index is 14.3. The van der Waals surface area contributed by atoms with Gasteiger partial charge in [0.25, 0.3) is 15.9 Å². The van der Waals surface area contributed by atoms with Gasteiger partial charge in [0.15, 0.2) is 0 Å². The van der Waals surface area contributed by atoms with E-state index < -0.39 is 33.9 Å². The number of sulfonamides is 1. The first-order chi connectivity index (χ1) is 22.9. The minimum Gasteiger partial charge on any atom is -0.490 e. The molecule has 0 spiro atoms. The zero-order valence-electron chi connectivity index (χ0n) is 28.0. The minimum absolute atomic E-state index is 0.0522.